The Morgan fingerprint density at radius 2 is 0.542 bits per heavy atom. The van der Waals surface area contributed by atoms with Gasteiger partial charge in [0.1, 0.15) is 13.2 Å². The monoisotopic (exact) mass is 1010 g/mol. The molecule has 6 heteroatoms. The van der Waals surface area contributed by atoms with E-state index in [1.807, 2.05) is 0 Å². The Hall–Kier alpha value is -2.89. The van der Waals surface area contributed by atoms with E-state index in [9.17, 15) is 14.4 Å². The van der Waals surface area contributed by atoms with Gasteiger partial charge in [-0.1, -0.05) is 300 Å². The lowest BCUT2D eigenvalue weighted by Crippen LogP contribution is -2.30. The average Bonchev–Trinajstić information content (AvgIpc) is 3.38. The highest BCUT2D eigenvalue weighted by molar-refractivity contribution is 5.71. The van der Waals surface area contributed by atoms with Gasteiger partial charge in [0.2, 0.25) is 0 Å². The van der Waals surface area contributed by atoms with E-state index < -0.39 is 6.10 Å². The van der Waals surface area contributed by atoms with Gasteiger partial charge in [0.25, 0.3) is 0 Å². The van der Waals surface area contributed by atoms with Crippen molar-refractivity contribution in [1.82, 2.24) is 0 Å². The second kappa shape index (κ2) is 60.7. The van der Waals surface area contributed by atoms with Gasteiger partial charge in [0, 0.05) is 19.3 Å². The van der Waals surface area contributed by atoms with Gasteiger partial charge in [-0.2, -0.15) is 0 Å². The first kappa shape index (κ1) is 69.1. The number of unbranched alkanes of at least 4 members (excludes halogenated alkanes) is 36. The maximum Gasteiger partial charge on any atom is 0.306 e. The van der Waals surface area contributed by atoms with Crippen LogP contribution in [0.3, 0.4) is 0 Å². The van der Waals surface area contributed by atoms with E-state index in [1.54, 1.807) is 0 Å². The summed E-state index contributed by atoms with van der Waals surface area (Å²) in [5.74, 6) is -0.852. The number of hydrogen-bond acceptors (Lipinski definition) is 6. The van der Waals surface area contributed by atoms with E-state index in [0.29, 0.717) is 19.3 Å². The van der Waals surface area contributed by atoms with Crippen molar-refractivity contribution in [1.29, 1.82) is 0 Å². The zero-order valence-corrected chi connectivity index (χ0v) is 47.9. The molecule has 0 rings (SSSR count). The van der Waals surface area contributed by atoms with Gasteiger partial charge in [0.15, 0.2) is 6.10 Å². The van der Waals surface area contributed by atoms with Crippen LogP contribution in [0.15, 0.2) is 60.8 Å². The number of esters is 3. The Morgan fingerprint density at radius 3 is 0.847 bits per heavy atom. The fourth-order valence-corrected chi connectivity index (χ4v) is 9.12. The summed E-state index contributed by atoms with van der Waals surface area (Å²) in [5, 5.41) is 0. The highest BCUT2D eigenvalue weighted by Crippen LogP contribution is 2.17. The van der Waals surface area contributed by atoms with E-state index in [0.717, 1.165) is 89.9 Å². The first-order valence-electron chi connectivity index (χ1n) is 31.3. The molecule has 0 aromatic rings. The number of carbonyl (C=O) groups excluding carboxylic acids is 3. The van der Waals surface area contributed by atoms with E-state index in [-0.39, 0.29) is 31.1 Å². The third kappa shape index (κ3) is 58.0. The minimum atomic E-state index is -0.767. The van der Waals surface area contributed by atoms with Crippen molar-refractivity contribution < 1.29 is 28.6 Å². The third-order valence-corrected chi connectivity index (χ3v) is 13.8. The summed E-state index contributed by atoms with van der Waals surface area (Å²) in [6.45, 7) is 6.55. The predicted molar refractivity (Wildman–Crippen MR) is 312 cm³/mol. The molecule has 1 atom stereocenters. The number of allylic oxidation sites excluding steroid dienone is 10. The molecule has 0 amide bonds. The lowest BCUT2D eigenvalue weighted by molar-refractivity contribution is -0.167. The number of hydrogen-bond donors (Lipinski definition) is 0. The summed E-state index contributed by atoms with van der Waals surface area (Å²) in [7, 11) is 0. The summed E-state index contributed by atoms with van der Waals surface area (Å²) in [6, 6.07) is 0. The summed E-state index contributed by atoms with van der Waals surface area (Å²) >= 11 is 0. The van der Waals surface area contributed by atoms with Crippen LogP contribution in [-0.2, 0) is 28.6 Å². The average molecular weight is 1010 g/mol. The lowest BCUT2D eigenvalue weighted by atomic mass is 10.0. The largest absolute Gasteiger partial charge is 0.462 e. The second-order valence-electron chi connectivity index (χ2n) is 21.0. The molecule has 418 valence electrons. The molecule has 0 aromatic heterocycles. The Bertz CT molecular complexity index is 1290. The minimum Gasteiger partial charge on any atom is -0.462 e. The summed E-state index contributed by atoms with van der Waals surface area (Å²) in [5.41, 5.74) is 0. The van der Waals surface area contributed by atoms with Crippen molar-refractivity contribution in [2.45, 2.75) is 329 Å². The second-order valence-corrected chi connectivity index (χ2v) is 21.0. The van der Waals surface area contributed by atoms with Crippen molar-refractivity contribution >= 4 is 17.9 Å². The summed E-state index contributed by atoms with van der Waals surface area (Å²) in [6.07, 6.45) is 76.7. The van der Waals surface area contributed by atoms with Gasteiger partial charge in [-0.3, -0.25) is 14.4 Å². The highest BCUT2D eigenvalue weighted by atomic mass is 16.6. The van der Waals surface area contributed by atoms with Crippen LogP contribution in [0.1, 0.15) is 323 Å². The molecule has 0 fully saturated rings. The topological polar surface area (TPSA) is 78.9 Å². The predicted octanol–water partition coefficient (Wildman–Crippen LogP) is 21.2. The fraction of sp³-hybridized carbons (Fsp3) is 0.803. The number of carbonyl (C=O) groups is 3. The van der Waals surface area contributed by atoms with Gasteiger partial charge < -0.3 is 14.2 Å². The molecule has 0 bridgehead atoms. The SMILES string of the molecule is CC/C=C\C/C=C\C/C=C\C/C=C\C/C=C\CCCCCCCCCCCCCCCCCC(=O)OCC(COC(=O)CCCCCCCCCCCC)OC(=O)CCCCCCCCCCCCCCC. The molecule has 6 nitrogen and oxygen atoms in total. The minimum absolute atomic E-state index is 0.0678. The van der Waals surface area contributed by atoms with Crippen LogP contribution in [0.4, 0.5) is 0 Å². The molecule has 0 radical (unpaired) electrons. The zero-order chi connectivity index (χ0) is 52.2. The lowest BCUT2D eigenvalue weighted by Gasteiger charge is -2.18. The molecular formula is C66H118O6. The normalized spacial score (nSPS) is 12.4. The molecule has 0 aromatic carbocycles. The Morgan fingerprint density at radius 1 is 0.292 bits per heavy atom. The van der Waals surface area contributed by atoms with Crippen LogP contribution in [0.25, 0.3) is 0 Å². The standard InChI is InChI=1S/C66H118O6/c1-4-7-10-13-16-19-22-24-25-26-27-28-29-30-31-32-33-34-35-36-37-38-39-40-41-43-44-47-50-53-56-59-65(68)71-62-63(61-70-64(67)58-55-52-49-46-21-18-15-12-9-6-3)72-66(69)60-57-54-51-48-45-42-23-20-17-14-11-8-5-2/h7,10,16,19,24-25,27-28,30-31,63H,4-6,8-9,11-15,17-18,20-23,26,29,32-62H2,1-3H3/b10-7-,19-16-,25-24-,28-27-,31-30-. The van der Waals surface area contributed by atoms with Crippen LogP contribution >= 0.6 is 0 Å². The van der Waals surface area contributed by atoms with E-state index >= 15 is 0 Å². The molecule has 0 aliphatic heterocycles. The van der Waals surface area contributed by atoms with Gasteiger partial charge in [0.05, 0.1) is 0 Å². The zero-order valence-electron chi connectivity index (χ0n) is 47.9. The van der Waals surface area contributed by atoms with Crippen LogP contribution in [0.2, 0.25) is 0 Å². The maximum absolute atomic E-state index is 12.8. The summed E-state index contributed by atoms with van der Waals surface area (Å²) < 4.78 is 16.9. The Balaban J connectivity index is 4.08. The van der Waals surface area contributed by atoms with Gasteiger partial charge in [-0.05, 0) is 64.2 Å². The highest BCUT2D eigenvalue weighted by Gasteiger charge is 2.19. The van der Waals surface area contributed by atoms with Crippen molar-refractivity contribution in [3.63, 3.8) is 0 Å². The smallest absolute Gasteiger partial charge is 0.306 e. The fourth-order valence-electron chi connectivity index (χ4n) is 9.12. The quantitative estimate of drug-likeness (QED) is 0.0261. The Labute approximate surface area is 447 Å². The van der Waals surface area contributed by atoms with E-state index in [2.05, 4.69) is 81.5 Å². The Kier molecular flexibility index (Phi) is 58.2. The van der Waals surface area contributed by atoms with Crippen molar-refractivity contribution in [2.75, 3.05) is 13.2 Å². The molecule has 0 aliphatic carbocycles. The van der Waals surface area contributed by atoms with Gasteiger partial charge in [-0.15, -0.1) is 0 Å². The molecule has 0 N–H and O–H groups in total. The molecule has 0 spiro atoms. The number of rotatable bonds is 57. The number of ether oxygens (including phenoxy) is 3. The molecular weight excluding hydrogens is 889 g/mol. The van der Waals surface area contributed by atoms with Crippen LogP contribution < -0.4 is 0 Å². The third-order valence-electron chi connectivity index (χ3n) is 13.8. The first-order valence-corrected chi connectivity index (χ1v) is 31.3. The maximum atomic E-state index is 12.8. The van der Waals surface area contributed by atoms with Gasteiger partial charge in [-0.25, -0.2) is 0 Å². The molecule has 0 heterocycles. The van der Waals surface area contributed by atoms with E-state index in [4.69, 9.17) is 14.2 Å². The van der Waals surface area contributed by atoms with Crippen molar-refractivity contribution in [2.24, 2.45) is 0 Å². The summed E-state index contributed by atoms with van der Waals surface area (Å²) in [4.78, 5) is 38.1. The van der Waals surface area contributed by atoms with E-state index in [1.165, 1.54) is 193 Å². The van der Waals surface area contributed by atoms with Crippen LogP contribution in [-0.4, -0.2) is 37.2 Å². The van der Waals surface area contributed by atoms with Gasteiger partial charge >= 0.3 is 17.9 Å². The molecule has 0 saturated carbocycles. The molecule has 72 heavy (non-hydrogen) atoms. The van der Waals surface area contributed by atoms with Crippen molar-refractivity contribution in [3.8, 4) is 0 Å². The molecule has 0 aliphatic rings. The van der Waals surface area contributed by atoms with Crippen LogP contribution in [0.5, 0.6) is 0 Å². The first-order chi connectivity index (χ1) is 35.5. The molecule has 1 unspecified atom stereocenters. The van der Waals surface area contributed by atoms with Crippen molar-refractivity contribution in [3.05, 3.63) is 60.8 Å². The molecule has 0 saturated heterocycles. The van der Waals surface area contributed by atoms with Crippen LogP contribution in [0, 0.1) is 0 Å².